The van der Waals surface area contributed by atoms with Gasteiger partial charge in [-0.15, -0.1) is 0 Å². The van der Waals surface area contributed by atoms with Crippen molar-refractivity contribution in [2.45, 2.75) is 38.3 Å². The number of aromatic nitrogens is 2. The molecule has 25 heavy (non-hydrogen) atoms. The predicted octanol–water partition coefficient (Wildman–Crippen LogP) is 5.10. The second-order valence-corrected chi connectivity index (χ2v) is 7.57. The van der Waals surface area contributed by atoms with Gasteiger partial charge in [-0.2, -0.15) is 18.3 Å². The number of hydrogen-bond acceptors (Lipinski definition) is 2. The van der Waals surface area contributed by atoms with Crippen molar-refractivity contribution in [3.8, 4) is 0 Å². The average Bonchev–Trinajstić information content (AvgIpc) is 2.98. The minimum absolute atomic E-state index is 0.0394. The summed E-state index contributed by atoms with van der Waals surface area (Å²) in [6.07, 6.45) is -2.80. The molecule has 0 atom stereocenters. The zero-order valence-electron chi connectivity index (χ0n) is 14.0. The molecule has 1 aromatic carbocycles. The largest absolute Gasteiger partial charge is 0.435 e. The molecule has 2 aromatic rings. The predicted molar refractivity (Wildman–Crippen MR) is 96.3 cm³/mol. The monoisotopic (exact) mass is 387 g/mol. The van der Waals surface area contributed by atoms with Gasteiger partial charge in [-0.25, -0.2) is 0 Å². The highest BCUT2D eigenvalue weighted by Crippen LogP contribution is 2.42. The Morgan fingerprint density at radius 2 is 2.04 bits per heavy atom. The van der Waals surface area contributed by atoms with Crippen LogP contribution in [0.15, 0.2) is 18.2 Å². The third kappa shape index (κ3) is 3.15. The minimum atomic E-state index is -4.63. The number of alkyl halides is 3. The molecule has 0 aliphatic heterocycles. The minimum Gasteiger partial charge on any atom is -0.346 e. The van der Waals surface area contributed by atoms with Crippen LogP contribution in [0.3, 0.4) is 0 Å². The van der Waals surface area contributed by atoms with Crippen LogP contribution < -0.4 is 5.32 Å². The first-order valence-electron chi connectivity index (χ1n) is 7.76. The van der Waals surface area contributed by atoms with Gasteiger partial charge in [0, 0.05) is 12.7 Å². The quantitative estimate of drug-likeness (QED) is 0.727. The van der Waals surface area contributed by atoms with E-state index in [0.717, 1.165) is 28.8 Å². The maximum Gasteiger partial charge on any atom is 0.435 e. The van der Waals surface area contributed by atoms with E-state index in [-0.39, 0.29) is 21.1 Å². The summed E-state index contributed by atoms with van der Waals surface area (Å²) in [7, 11) is 1.35. The van der Waals surface area contributed by atoms with Crippen molar-refractivity contribution in [2.75, 3.05) is 5.32 Å². The second-order valence-electron chi connectivity index (χ2n) is 6.81. The number of rotatable bonds is 2. The lowest BCUT2D eigenvalue weighted by Gasteiger charge is -2.20. The molecule has 1 aromatic heterocycles. The number of nitrogens with one attached hydrogen (secondary N) is 1. The Hall–Kier alpha value is -1.60. The maximum absolute atomic E-state index is 13.2. The fourth-order valence-electron chi connectivity index (χ4n) is 3.27. The van der Waals surface area contributed by atoms with Crippen LogP contribution >= 0.6 is 23.8 Å². The van der Waals surface area contributed by atoms with E-state index in [0.29, 0.717) is 0 Å². The molecule has 0 radical (unpaired) electrons. The smallest absolute Gasteiger partial charge is 0.346 e. The van der Waals surface area contributed by atoms with Gasteiger partial charge in [-0.05, 0) is 35.4 Å². The van der Waals surface area contributed by atoms with Gasteiger partial charge in [0.05, 0.1) is 5.56 Å². The Kier molecular flexibility index (Phi) is 4.36. The first-order chi connectivity index (χ1) is 11.5. The van der Waals surface area contributed by atoms with Crippen molar-refractivity contribution < 1.29 is 13.2 Å². The summed E-state index contributed by atoms with van der Waals surface area (Å²) >= 11 is 11.3. The first kappa shape index (κ1) is 18.2. The molecule has 1 heterocycles. The third-order valence-electron chi connectivity index (χ3n) is 4.63. The van der Waals surface area contributed by atoms with E-state index in [1.807, 2.05) is 12.1 Å². The van der Waals surface area contributed by atoms with Gasteiger partial charge in [-0.3, -0.25) is 4.68 Å². The summed E-state index contributed by atoms with van der Waals surface area (Å²) < 4.78 is 40.7. The van der Waals surface area contributed by atoms with Crippen LogP contribution in [-0.2, 0) is 25.1 Å². The molecule has 0 amide bonds. The van der Waals surface area contributed by atoms with Gasteiger partial charge in [0.1, 0.15) is 10.1 Å². The molecule has 1 aliphatic carbocycles. The molecule has 0 fully saturated rings. The number of nitrogens with zero attached hydrogens (tertiary/aromatic N) is 2. The molecule has 0 bridgehead atoms. The highest BCUT2D eigenvalue weighted by molar-refractivity contribution is 7.81. The van der Waals surface area contributed by atoms with Crippen LogP contribution in [0.25, 0.3) is 0 Å². The Labute approximate surface area is 154 Å². The number of fused-ring (bicyclic) bond motifs is 1. The number of benzene rings is 1. The standard InChI is InChI=1S/C17H17ClF3N3S/c1-16(2)8-7-9-10(16)5-4-6-11(9)22-15(25)12-13(17(19,20)21)23-24(3)14(12)18/h4-6H,7-8H2,1-3H3,(H,22,25). The summed E-state index contributed by atoms with van der Waals surface area (Å²) in [5, 5.41) is 6.29. The van der Waals surface area contributed by atoms with Gasteiger partial charge in [-0.1, -0.05) is 49.8 Å². The Morgan fingerprint density at radius 3 is 2.68 bits per heavy atom. The van der Waals surface area contributed by atoms with Crippen LogP contribution in [-0.4, -0.2) is 14.8 Å². The van der Waals surface area contributed by atoms with Crippen LogP contribution in [0.2, 0.25) is 5.15 Å². The molecule has 0 saturated heterocycles. The molecule has 0 spiro atoms. The summed E-state index contributed by atoms with van der Waals surface area (Å²) in [4.78, 5) is -0.0801. The van der Waals surface area contributed by atoms with E-state index >= 15 is 0 Å². The van der Waals surface area contributed by atoms with Gasteiger partial charge in [0.25, 0.3) is 0 Å². The number of halogens is 4. The molecule has 134 valence electrons. The normalized spacial score (nSPS) is 16.0. The maximum atomic E-state index is 13.2. The summed E-state index contributed by atoms with van der Waals surface area (Å²) in [5.74, 6) is 0. The SMILES string of the molecule is Cn1nc(C(F)(F)F)c(C(=S)Nc2cccc3c2CCC3(C)C)c1Cl. The Bertz CT molecular complexity index is 856. The van der Waals surface area contributed by atoms with Gasteiger partial charge < -0.3 is 5.32 Å². The lowest BCUT2D eigenvalue weighted by molar-refractivity contribution is -0.141. The lowest BCUT2D eigenvalue weighted by atomic mass is 9.86. The fraction of sp³-hybridized carbons (Fsp3) is 0.412. The summed E-state index contributed by atoms with van der Waals surface area (Å²) in [6, 6.07) is 5.76. The van der Waals surface area contributed by atoms with Crippen molar-refractivity contribution in [1.82, 2.24) is 9.78 Å². The molecule has 0 unspecified atom stereocenters. The molecule has 0 saturated carbocycles. The highest BCUT2D eigenvalue weighted by atomic mass is 35.5. The van der Waals surface area contributed by atoms with E-state index < -0.39 is 11.9 Å². The zero-order valence-corrected chi connectivity index (χ0v) is 15.5. The molecular formula is C17H17ClF3N3S. The van der Waals surface area contributed by atoms with Crippen molar-refractivity contribution in [2.24, 2.45) is 7.05 Å². The van der Waals surface area contributed by atoms with Gasteiger partial charge >= 0.3 is 6.18 Å². The topological polar surface area (TPSA) is 29.9 Å². The molecule has 1 aliphatic rings. The van der Waals surface area contributed by atoms with E-state index in [9.17, 15) is 13.2 Å². The first-order valence-corrected chi connectivity index (χ1v) is 8.54. The van der Waals surface area contributed by atoms with Crippen LogP contribution in [0.4, 0.5) is 18.9 Å². The van der Waals surface area contributed by atoms with Crippen molar-refractivity contribution >= 4 is 34.5 Å². The number of aryl methyl sites for hydroxylation is 1. The highest BCUT2D eigenvalue weighted by Gasteiger charge is 2.40. The van der Waals surface area contributed by atoms with Crippen molar-refractivity contribution in [3.05, 3.63) is 45.7 Å². The van der Waals surface area contributed by atoms with E-state index in [1.54, 1.807) is 0 Å². The Balaban J connectivity index is 2.00. The van der Waals surface area contributed by atoms with Crippen molar-refractivity contribution in [3.63, 3.8) is 0 Å². The van der Waals surface area contributed by atoms with Gasteiger partial charge in [0.15, 0.2) is 5.69 Å². The van der Waals surface area contributed by atoms with Crippen LogP contribution in [0.5, 0.6) is 0 Å². The van der Waals surface area contributed by atoms with Gasteiger partial charge in [0.2, 0.25) is 0 Å². The second kappa shape index (κ2) is 5.99. The van der Waals surface area contributed by atoms with E-state index in [2.05, 4.69) is 30.3 Å². The molecule has 3 rings (SSSR count). The fourth-order valence-corrected chi connectivity index (χ4v) is 3.85. The van der Waals surface area contributed by atoms with Crippen molar-refractivity contribution in [1.29, 1.82) is 0 Å². The summed E-state index contributed by atoms with van der Waals surface area (Å²) in [6.45, 7) is 4.31. The van der Waals surface area contributed by atoms with E-state index in [1.165, 1.54) is 12.6 Å². The average molecular weight is 388 g/mol. The molecule has 1 N–H and O–H groups in total. The number of thiocarbonyl (C=S) groups is 1. The molecule has 8 heteroatoms. The van der Waals surface area contributed by atoms with Crippen LogP contribution in [0, 0.1) is 0 Å². The molecular weight excluding hydrogens is 371 g/mol. The number of anilines is 1. The van der Waals surface area contributed by atoms with E-state index in [4.69, 9.17) is 23.8 Å². The lowest BCUT2D eigenvalue weighted by Crippen LogP contribution is -2.18. The third-order valence-corrected chi connectivity index (χ3v) is 5.37. The zero-order chi connectivity index (χ0) is 18.6. The molecule has 3 nitrogen and oxygen atoms in total. The summed E-state index contributed by atoms with van der Waals surface area (Å²) in [5.41, 5.74) is 1.67. The number of hydrogen-bond donors (Lipinski definition) is 1. The Morgan fingerprint density at radius 1 is 1.36 bits per heavy atom. The van der Waals surface area contributed by atoms with Crippen LogP contribution in [0.1, 0.15) is 42.7 Å².